The van der Waals surface area contributed by atoms with Crippen LogP contribution in [-0.4, -0.2) is 11.2 Å². The lowest BCUT2D eigenvalue weighted by Crippen LogP contribution is -2.07. The summed E-state index contributed by atoms with van der Waals surface area (Å²) in [5, 5.41) is 10.1. The van der Waals surface area contributed by atoms with E-state index < -0.39 is 0 Å². The van der Waals surface area contributed by atoms with Crippen LogP contribution in [0.5, 0.6) is 0 Å². The molecule has 2 atom stereocenters. The summed E-state index contributed by atoms with van der Waals surface area (Å²) in [5.41, 5.74) is 0. The van der Waals surface area contributed by atoms with E-state index in [1.807, 2.05) is 6.08 Å². The van der Waals surface area contributed by atoms with Crippen LogP contribution >= 0.6 is 11.6 Å². The zero-order chi connectivity index (χ0) is 8.97. The van der Waals surface area contributed by atoms with Crippen molar-refractivity contribution >= 4 is 11.6 Å². The second kappa shape index (κ2) is 4.68. The Morgan fingerprint density at radius 3 is 3.00 bits per heavy atom. The highest BCUT2D eigenvalue weighted by Gasteiger charge is 2.09. The summed E-state index contributed by atoms with van der Waals surface area (Å²) < 4.78 is 0. The third-order valence-corrected chi connectivity index (χ3v) is 2.49. The summed E-state index contributed by atoms with van der Waals surface area (Å²) in [4.78, 5) is 0. The summed E-state index contributed by atoms with van der Waals surface area (Å²) >= 11 is 5.83. The predicted octanol–water partition coefficient (Wildman–Crippen LogP) is 2.85. The summed E-state index contributed by atoms with van der Waals surface area (Å²) in [7, 11) is 0. The molecule has 1 rings (SSSR count). The smallest absolute Gasteiger partial charge is 0.0738 e. The second-order valence-corrected chi connectivity index (χ2v) is 3.66. The normalized spacial score (nSPS) is 37.8. The van der Waals surface area contributed by atoms with E-state index >= 15 is 0 Å². The first-order chi connectivity index (χ1) is 5.72. The maximum atomic E-state index is 9.40. The number of aliphatic hydroxyl groups excluding tert-OH is 1. The van der Waals surface area contributed by atoms with E-state index in [1.165, 1.54) is 0 Å². The summed E-state index contributed by atoms with van der Waals surface area (Å²) in [6.45, 7) is 2.15. The molecular weight excluding hydrogens is 172 g/mol. The van der Waals surface area contributed by atoms with E-state index in [0.29, 0.717) is 11.0 Å². The lowest BCUT2D eigenvalue weighted by atomic mass is 9.96. The first-order valence-corrected chi connectivity index (χ1v) is 4.83. The molecule has 0 aromatic heterocycles. The third kappa shape index (κ3) is 3.00. The van der Waals surface area contributed by atoms with E-state index in [4.69, 9.17) is 11.6 Å². The van der Waals surface area contributed by atoms with Crippen molar-refractivity contribution in [1.29, 1.82) is 0 Å². The van der Waals surface area contributed by atoms with Gasteiger partial charge in [0.05, 0.1) is 6.10 Å². The lowest BCUT2D eigenvalue weighted by molar-refractivity contribution is 0.202. The molecule has 0 bridgehead atoms. The highest BCUT2D eigenvalue weighted by molar-refractivity contribution is 6.31. The van der Waals surface area contributed by atoms with Gasteiger partial charge in [-0.15, -0.1) is 0 Å². The molecule has 0 spiro atoms. The molecule has 0 radical (unpaired) electrons. The molecule has 0 aromatic carbocycles. The van der Waals surface area contributed by atoms with Gasteiger partial charge in [-0.1, -0.05) is 24.6 Å². The molecular formula is C10H15ClO. The van der Waals surface area contributed by atoms with E-state index in [-0.39, 0.29) is 6.10 Å². The summed E-state index contributed by atoms with van der Waals surface area (Å²) in [5.74, 6) is 0.571. The molecule has 0 aromatic rings. The highest BCUT2D eigenvalue weighted by atomic mass is 35.5. The zero-order valence-corrected chi connectivity index (χ0v) is 8.09. The Morgan fingerprint density at radius 2 is 2.33 bits per heavy atom. The Balaban J connectivity index is 2.65. The van der Waals surface area contributed by atoms with Crippen LogP contribution in [0, 0.1) is 5.92 Å². The van der Waals surface area contributed by atoms with Crippen LogP contribution in [0.25, 0.3) is 0 Å². The average Bonchev–Trinajstić information content (AvgIpc) is 2.02. The minimum absolute atomic E-state index is 0.364. The Labute approximate surface area is 78.7 Å². The summed E-state index contributed by atoms with van der Waals surface area (Å²) in [6, 6.07) is 0. The fourth-order valence-electron chi connectivity index (χ4n) is 1.37. The van der Waals surface area contributed by atoms with E-state index in [1.54, 1.807) is 6.08 Å². The molecule has 2 heteroatoms. The maximum Gasteiger partial charge on any atom is 0.0738 e. The van der Waals surface area contributed by atoms with Crippen LogP contribution in [0.3, 0.4) is 0 Å². The van der Waals surface area contributed by atoms with Gasteiger partial charge in [-0.3, -0.25) is 0 Å². The van der Waals surface area contributed by atoms with Crippen LogP contribution in [0.4, 0.5) is 0 Å². The van der Waals surface area contributed by atoms with Gasteiger partial charge in [-0.2, -0.15) is 0 Å². The van der Waals surface area contributed by atoms with Gasteiger partial charge in [0.15, 0.2) is 0 Å². The molecule has 0 saturated heterocycles. The van der Waals surface area contributed by atoms with Crippen LogP contribution in [-0.2, 0) is 0 Å². The molecule has 12 heavy (non-hydrogen) atoms. The molecule has 0 heterocycles. The van der Waals surface area contributed by atoms with Gasteiger partial charge in [0.1, 0.15) is 0 Å². The molecule has 1 N–H and O–H groups in total. The van der Waals surface area contributed by atoms with Crippen molar-refractivity contribution in [1.82, 2.24) is 0 Å². The van der Waals surface area contributed by atoms with Crippen LogP contribution in [0.15, 0.2) is 23.3 Å². The van der Waals surface area contributed by atoms with Gasteiger partial charge < -0.3 is 5.11 Å². The Morgan fingerprint density at radius 1 is 1.58 bits per heavy atom. The molecule has 0 fully saturated rings. The number of allylic oxidation sites excluding steroid dienone is 3. The Kier molecular flexibility index (Phi) is 3.83. The van der Waals surface area contributed by atoms with Gasteiger partial charge >= 0.3 is 0 Å². The Hall–Kier alpha value is -0.270. The fraction of sp³-hybridized carbons (Fsp3) is 0.600. The van der Waals surface area contributed by atoms with Crippen molar-refractivity contribution in [2.75, 3.05) is 0 Å². The zero-order valence-electron chi connectivity index (χ0n) is 7.33. The minimum Gasteiger partial charge on any atom is -0.389 e. The first-order valence-electron chi connectivity index (χ1n) is 4.46. The topological polar surface area (TPSA) is 20.2 Å². The number of halogens is 1. The second-order valence-electron chi connectivity index (χ2n) is 3.22. The largest absolute Gasteiger partial charge is 0.389 e. The van der Waals surface area contributed by atoms with Crippen LogP contribution in [0.1, 0.15) is 26.2 Å². The standard InChI is InChI=1S/C10H15ClO/c1-2-8-3-5-9(11)7-10(12)6-4-8/h3,5,7-8,10,12H,2,4,6H2,1H3/b5-3-,9-7+. The molecule has 2 unspecified atom stereocenters. The minimum atomic E-state index is -0.364. The number of hydrogen-bond acceptors (Lipinski definition) is 1. The first kappa shape index (κ1) is 9.82. The SMILES string of the molecule is CCC1/C=C\C(Cl)=C/C(O)CC1. The van der Waals surface area contributed by atoms with Crippen molar-refractivity contribution < 1.29 is 5.11 Å². The molecule has 0 aliphatic heterocycles. The molecule has 68 valence electrons. The van der Waals surface area contributed by atoms with Crippen molar-refractivity contribution in [3.05, 3.63) is 23.3 Å². The van der Waals surface area contributed by atoms with E-state index in [9.17, 15) is 5.11 Å². The van der Waals surface area contributed by atoms with E-state index in [2.05, 4.69) is 13.0 Å². The molecule has 0 amide bonds. The van der Waals surface area contributed by atoms with Crippen molar-refractivity contribution in [3.63, 3.8) is 0 Å². The summed E-state index contributed by atoms with van der Waals surface area (Å²) in [6.07, 6.45) is 8.34. The van der Waals surface area contributed by atoms with Gasteiger partial charge in [-0.05, 0) is 37.3 Å². The number of rotatable bonds is 1. The third-order valence-electron chi connectivity index (χ3n) is 2.24. The molecule has 1 aliphatic rings. The lowest BCUT2D eigenvalue weighted by Gasteiger charge is -2.14. The molecule has 1 aliphatic carbocycles. The van der Waals surface area contributed by atoms with Crippen LogP contribution in [0.2, 0.25) is 0 Å². The van der Waals surface area contributed by atoms with Crippen molar-refractivity contribution in [2.24, 2.45) is 5.92 Å². The predicted molar refractivity (Wildman–Crippen MR) is 52.1 cm³/mol. The van der Waals surface area contributed by atoms with Crippen molar-refractivity contribution in [3.8, 4) is 0 Å². The fourth-order valence-corrected chi connectivity index (χ4v) is 1.59. The highest BCUT2D eigenvalue weighted by Crippen LogP contribution is 2.20. The van der Waals surface area contributed by atoms with E-state index in [0.717, 1.165) is 19.3 Å². The maximum absolute atomic E-state index is 9.40. The molecule has 1 nitrogen and oxygen atoms in total. The number of hydrogen-bond donors (Lipinski definition) is 1. The quantitative estimate of drug-likeness (QED) is 0.668. The van der Waals surface area contributed by atoms with Gasteiger partial charge in [-0.25, -0.2) is 0 Å². The molecule has 0 saturated carbocycles. The van der Waals surface area contributed by atoms with Gasteiger partial charge in [0, 0.05) is 5.03 Å². The average molecular weight is 187 g/mol. The van der Waals surface area contributed by atoms with Crippen molar-refractivity contribution in [2.45, 2.75) is 32.3 Å². The van der Waals surface area contributed by atoms with Gasteiger partial charge in [0.25, 0.3) is 0 Å². The number of aliphatic hydroxyl groups is 1. The van der Waals surface area contributed by atoms with Gasteiger partial charge in [0.2, 0.25) is 0 Å². The monoisotopic (exact) mass is 186 g/mol. The van der Waals surface area contributed by atoms with Crippen LogP contribution < -0.4 is 0 Å². The Bertz CT molecular complexity index is 196.